The van der Waals surface area contributed by atoms with E-state index in [1.807, 2.05) is 0 Å². The summed E-state index contributed by atoms with van der Waals surface area (Å²) >= 11 is 0.757. The van der Waals surface area contributed by atoms with Crippen molar-refractivity contribution < 1.29 is 29.6 Å². The highest BCUT2D eigenvalue weighted by molar-refractivity contribution is 7.13. The van der Waals surface area contributed by atoms with Gasteiger partial charge in [-0.2, -0.15) is 0 Å². The number of aromatic nitrogens is 1. The van der Waals surface area contributed by atoms with Gasteiger partial charge in [0, 0.05) is 6.54 Å². The van der Waals surface area contributed by atoms with Gasteiger partial charge < -0.3 is 25.4 Å². The number of hydrogen-bond acceptors (Lipinski definition) is 7. The first-order valence-electron chi connectivity index (χ1n) is 6.12. The first-order chi connectivity index (χ1) is 9.60. The fourth-order valence-electron chi connectivity index (χ4n) is 1.30. The van der Waals surface area contributed by atoms with Gasteiger partial charge in [0.05, 0.1) is 6.20 Å². The summed E-state index contributed by atoms with van der Waals surface area (Å²) < 4.78 is 4.98. The zero-order chi connectivity index (χ0) is 16.2. The first kappa shape index (κ1) is 17.3. The summed E-state index contributed by atoms with van der Waals surface area (Å²) in [6.07, 6.45) is -2.35. The largest absolute Gasteiger partial charge is 0.477 e. The molecular weight excluding hydrogens is 300 g/mol. The highest BCUT2D eigenvalue weighted by Gasteiger charge is 2.24. The highest BCUT2D eigenvalue weighted by Crippen LogP contribution is 2.22. The number of nitrogens with zero attached hydrogens (tertiary/aromatic N) is 1. The molecule has 1 aromatic heterocycles. The zero-order valence-corrected chi connectivity index (χ0v) is 12.7. The molecule has 0 saturated carbocycles. The third-order valence-corrected chi connectivity index (χ3v) is 3.26. The molecule has 0 aliphatic heterocycles. The molecule has 2 atom stereocenters. The standard InChI is InChI=1S/C12H18N2O6S/c1-12(2,3)20-11(19)14-4-6(15)8(16)9-13-5-7(21-9)10(17)18/h5-6,8,15-16H,4H2,1-3H3,(H,14,19)(H,17,18). The number of hydrogen-bond donors (Lipinski definition) is 4. The third-order valence-electron chi connectivity index (χ3n) is 2.21. The van der Waals surface area contributed by atoms with E-state index in [0.717, 1.165) is 17.5 Å². The van der Waals surface area contributed by atoms with Crippen LogP contribution in [0.1, 0.15) is 41.6 Å². The second kappa shape index (κ2) is 6.83. The van der Waals surface area contributed by atoms with Crippen LogP contribution in [0.5, 0.6) is 0 Å². The molecule has 1 aromatic rings. The molecule has 0 radical (unpaired) electrons. The Hall–Kier alpha value is -1.71. The predicted octanol–water partition coefficient (Wildman–Crippen LogP) is 0.760. The maximum absolute atomic E-state index is 11.4. The Labute approximate surface area is 125 Å². The van der Waals surface area contributed by atoms with Crippen molar-refractivity contribution in [3.63, 3.8) is 0 Å². The Bertz CT molecular complexity index is 510. The van der Waals surface area contributed by atoms with Crippen LogP contribution in [-0.4, -0.2) is 50.6 Å². The average Bonchev–Trinajstić information content (AvgIpc) is 2.82. The van der Waals surface area contributed by atoms with Gasteiger partial charge in [0.15, 0.2) is 0 Å². The number of aromatic carboxylic acids is 1. The van der Waals surface area contributed by atoms with Crippen LogP contribution in [0.15, 0.2) is 6.20 Å². The lowest BCUT2D eigenvalue weighted by atomic mass is 10.2. The Kier molecular flexibility index (Phi) is 5.64. The molecule has 2 unspecified atom stereocenters. The van der Waals surface area contributed by atoms with E-state index in [-0.39, 0.29) is 16.4 Å². The Balaban J connectivity index is 2.52. The maximum atomic E-state index is 11.4. The van der Waals surface area contributed by atoms with Gasteiger partial charge in [-0.15, -0.1) is 11.3 Å². The number of amides is 1. The number of aliphatic hydroxyl groups is 2. The predicted molar refractivity (Wildman–Crippen MR) is 74.3 cm³/mol. The van der Waals surface area contributed by atoms with Crippen LogP contribution in [0.2, 0.25) is 0 Å². The Morgan fingerprint density at radius 2 is 2.05 bits per heavy atom. The lowest BCUT2D eigenvalue weighted by Crippen LogP contribution is -2.38. The number of rotatable bonds is 5. The highest BCUT2D eigenvalue weighted by atomic mass is 32.1. The van der Waals surface area contributed by atoms with Crippen molar-refractivity contribution in [2.24, 2.45) is 0 Å². The van der Waals surface area contributed by atoms with Crippen LogP contribution < -0.4 is 5.32 Å². The summed E-state index contributed by atoms with van der Waals surface area (Å²) in [5.41, 5.74) is -0.667. The molecule has 118 valence electrons. The third kappa shape index (κ3) is 5.66. The molecule has 0 bridgehead atoms. The minimum atomic E-state index is -1.39. The maximum Gasteiger partial charge on any atom is 0.407 e. The van der Waals surface area contributed by atoms with Crippen LogP contribution in [0.3, 0.4) is 0 Å². The monoisotopic (exact) mass is 318 g/mol. The number of carbonyl (C=O) groups is 2. The molecule has 0 spiro atoms. The van der Waals surface area contributed by atoms with Crippen molar-refractivity contribution in [1.82, 2.24) is 10.3 Å². The average molecular weight is 318 g/mol. The number of ether oxygens (including phenoxy) is 1. The van der Waals surface area contributed by atoms with Crippen molar-refractivity contribution >= 4 is 23.4 Å². The summed E-state index contributed by atoms with van der Waals surface area (Å²) in [5.74, 6) is -1.16. The van der Waals surface area contributed by atoms with E-state index in [1.54, 1.807) is 20.8 Å². The lowest BCUT2D eigenvalue weighted by Gasteiger charge is -2.21. The van der Waals surface area contributed by atoms with Crippen molar-refractivity contribution in [2.75, 3.05) is 6.54 Å². The number of aliphatic hydroxyl groups excluding tert-OH is 2. The number of carboxylic acids is 1. The van der Waals surface area contributed by atoms with E-state index in [9.17, 15) is 19.8 Å². The van der Waals surface area contributed by atoms with Crippen molar-refractivity contribution in [3.05, 3.63) is 16.1 Å². The van der Waals surface area contributed by atoms with Gasteiger partial charge in [-0.1, -0.05) is 0 Å². The van der Waals surface area contributed by atoms with E-state index in [0.29, 0.717) is 0 Å². The van der Waals surface area contributed by atoms with E-state index < -0.39 is 29.9 Å². The number of thiazole rings is 1. The van der Waals surface area contributed by atoms with E-state index >= 15 is 0 Å². The second-order valence-electron chi connectivity index (χ2n) is 5.26. The van der Waals surface area contributed by atoms with Crippen molar-refractivity contribution in [3.8, 4) is 0 Å². The van der Waals surface area contributed by atoms with Crippen molar-refractivity contribution in [1.29, 1.82) is 0 Å². The molecule has 0 fully saturated rings. The molecule has 0 aromatic carbocycles. The SMILES string of the molecule is CC(C)(C)OC(=O)NCC(O)C(O)c1ncc(C(=O)O)s1. The van der Waals surface area contributed by atoms with Crippen LogP contribution in [0, 0.1) is 0 Å². The first-order valence-corrected chi connectivity index (χ1v) is 6.94. The minimum Gasteiger partial charge on any atom is -0.477 e. The van der Waals surface area contributed by atoms with Crippen molar-refractivity contribution in [2.45, 2.75) is 38.6 Å². The van der Waals surface area contributed by atoms with E-state index in [4.69, 9.17) is 9.84 Å². The smallest absolute Gasteiger partial charge is 0.407 e. The molecule has 0 saturated heterocycles. The number of carboxylic acid groups (broad SMARTS) is 1. The fraction of sp³-hybridized carbons (Fsp3) is 0.583. The number of carbonyl (C=O) groups excluding carboxylic acids is 1. The molecular formula is C12H18N2O6S. The van der Waals surface area contributed by atoms with Gasteiger partial charge in [-0.05, 0) is 20.8 Å². The Morgan fingerprint density at radius 3 is 2.52 bits per heavy atom. The molecule has 1 rings (SSSR count). The molecule has 1 heterocycles. The van der Waals surface area contributed by atoms with E-state index in [2.05, 4.69) is 10.3 Å². The molecule has 8 nitrogen and oxygen atoms in total. The summed E-state index contributed by atoms with van der Waals surface area (Å²) in [4.78, 5) is 25.8. The van der Waals surface area contributed by atoms with Crippen LogP contribution in [0.25, 0.3) is 0 Å². The molecule has 0 aliphatic rings. The van der Waals surface area contributed by atoms with Crippen LogP contribution in [0.4, 0.5) is 4.79 Å². The number of nitrogens with one attached hydrogen (secondary N) is 1. The van der Waals surface area contributed by atoms with E-state index in [1.165, 1.54) is 0 Å². The molecule has 0 aliphatic carbocycles. The number of alkyl carbamates (subject to hydrolysis) is 1. The molecule has 1 amide bonds. The normalized spacial score (nSPS) is 14.3. The molecule has 4 N–H and O–H groups in total. The van der Waals surface area contributed by atoms with Gasteiger partial charge in [-0.3, -0.25) is 0 Å². The van der Waals surface area contributed by atoms with Gasteiger partial charge >= 0.3 is 12.1 Å². The zero-order valence-electron chi connectivity index (χ0n) is 11.9. The second-order valence-corrected chi connectivity index (χ2v) is 6.33. The summed E-state index contributed by atoms with van der Waals surface area (Å²) in [6, 6.07) is 0. The molecule has 21 heavy (non-hydrogen) atoms. The topological polar surface area (TPSA) is 129 Å². The van der Waals surface area contributed by atoms with Gasteiger partial charge in [0.1, 0.15) is 27.7 Å². The minimum absolute atomic E-state index is 0.0450. The fourth-order valence-corrected chi connectivity index (χ4v) is 2.10. The summed E-state index contributed by atoms with van der Waals surface area (Å²) in [6.45, 7) is 4.83. The van der Waals surface area contributed by atoms with Gasteiger partial charge in [0.25, 0.3) is 0 Å². The van der Waals surface area contributed by atoms with Gasteiger partial charge in [-0.25, -0.2) is 14.6 Å². The quantitative estimate of drug-likeness (QED) is 0.630. The van der Waals surface area contributed by atoms with Crippen LogP contribution in [-0.2, 0) is 4.74 Å². The lowest BCUT2D eigenvalue weighted by molar-refractivity contribution is 0.0128. The van der Waals surface area contributed by atoms with Gasteiger partial charge in [0.2, 0.25) is 0 Å². The summed E-state index contributed by atoms with van der Waals surface area (Å²) in [7, 11) is 0. The van der Waals surface area contributed by atoms with Crippen LogP contribution >= 0.6 is 11.3 Å². The molecule has 9 heteroatoms. The Morgan fingerprint density at radius 1 is 1.43 bits per heavy atom. The summed E-state index contributed by atoms with van der Waals surface area (Å²) in [5, 5.41) is 30.7.